The molecule has 1 atom stereocenters. The van der Waals surface area contributed by atoms with Crippen molar-refractivity contribution in [3.63, 3.8) is 0 Å². The fourth-order valence-corrected chi connectivity index (χ4v) is 3.27. The molecule has 0 bridgehead atoms. The molecule has 1 aliphatic rings. The van der Waals surface area contributed by atoms with Crippen LogP contribution in [0.1, 0.15) is 27.7 Å². The van der Waals surface area contributed by atoms with Crippen molar-refractivity contribution >= 4 is 11.6 Å². The molecule has 4 rings (SSSR count). The van der Waals surface area contributed by atoms with Gasteiger partial charge in [0.05, 0.1) is 11.3 Å². The van der Waals surface area contributed by atoms with Gasteiger partial charge in [-0.15, -0.1) is 0 Å². The monoisotopic (exact) mass is 344 g/mol. The van der Waals surface area contributed by atoms with E-state index in [0.717, 1.165) is 22.6 Å². The first-order valence-electron chi connectivity index (χ1n) is 8.62. The van der Waals surface area contributed by atoms with Crippen molar-refractivity contribution in [3.8, 4) is 5.75 Å². The summed E-state index contributed by atoms with van der Waals surface area (Å²) in [6, 6.07) is 25.5. The van der Waals surface area contributed by atoms with Crippen molar-refractivity contribution in [2.45, 2.75) is 12.8 Å². The Balaban J connectivity index is 1.63. The molecule has 26 heavy (non-hydrogen) atoms. The van der Waals surface area contributed by atoms with E-state index in [4.69, 9.17) is 4.74 Å². The lowest BCUT2D eigenvalue weighted by atomic mass is 10.0. The summed E-state index contributed by atoms with van der Waals surface area (Å²) in [5.41, 5.74) is 3.65. The largest absolute Gasteiger partial charge is 0.488 e. The predicted molar refractivity (Wildman–Crippen MR) is 102 cm³/mol. The average Bonchev–Trinajstić information content (AvgIpc) is 2.70. The van der Waals surface area contributed by atoms with Gasteiger partial charge >= 0.3 is 0 Å². The number of nitrogens with zero attached hydrogens (tertiary/aromatic N) is 1. The summed E-state index contributed by atoms with van der Waals surface area (Å²) in [6.07, 6.45) is -0.274. The van der Waals surface area contributed by atoms with Crippen molar-refractivity contribution in [1.82, 2.24) is 5.32 Å². The fraction of sp³-hybridized carbons (Fsp3) is 0.136. The molecule has 1 amide bonds. The molecule has 0 radical (unpaired) electrons. The molecule has 0 saturated heterocycles. The molecule has 0 aliphatic carbocycles. The number of anilines is 1. The molecule has 0 fully saturated rings. The summed E-state index contributed by atoms with van der Waals surface area (Å²) >= 11 is 0. The number of rotatable bonds is 4. The summed E-state index contributed by atoms with van der Waals surface area (Å²) in [5, 5.41) is 3.08. The highest BCUT2D eigenvalue weighted by Gasteiger charge is 2.30. The summed E-state index contributed by atoms with van der Waals surface area (Å²) in [4.78, 5) is 14.6. The highest BCUT2D eigenvalue weighted by Crippen LogP contribution is 2.35. The minimum Gasteiger partial charge on any atom is -0.488 e. The molecule has 1 aliphatic heterocycles. The smallest absolute Gasteiger partial charge is 0.255 e. The van der Waals surface area contributed by atoms with Gasteiger partial charge in [0.2, 0.25) is 0 Å². The predicted octanol–water partition coefficient (Wildman–Crippen LogP) is 4.14. The van der Waals surface area contributed by atoms with Crippen LogP contribution in [0.5, 0.6) is 5.75 Å². The Bertz CT molecular complexity index is 924. The zero-order valence-electron chi connectivity index (χ0n) is 14.6. The summed E-state index contributed by atoms with van der Waals surface area (Å²) in [7, 11) is 1.98. The van der Waals surface area contributed by atoms with E-state index in [1.165, 1.54) is 0 Å². The number of hydrogen-bond acceptors (Lipinski definition) is 3. The number of hydrogen-bond donors (Lipinski definition) is 1. The van der Waals surface area contributed by atoms with E-state index in [1.54, 1.807) is 0 Å². The van der Waals surface area contributed by atoms with Crippen LogP contribution in [0.2, 0.25) is 0 Å². The van der Waals surface area contributed by atoms with E-state index in [2.05, 4.69) is 10.2 Å². The van der Waals surface area contributed by atoms with Crippen molar-refractivity contribution in [2.24, 2.45) is 0 Å². The number of amides is 1. The first-order chi connectivity index (χ1) is 12.7. The second kappa shape index (κ2) is 6.92. The van der Waals surface area contributed by atoms with Crippen LogP contribution in [0.15, 0.2) is 78.9 Å². The Kier molecular flexibility index (Phi) is 4.32. The second-order valence-corrected chi connectivity index (χ2v) is 6.32. The van der Waals surface area contributed by atoms with Crippen LogP contribution in [0.25, 0.3) is 0 Å². The van der Waals surface area contributed by atoms with E-state index < -0.39 is 0 Å². The van der Waals surface area contributed by atoms with Gasteiger partial charge in [0.15, 0.2) is 0 Å². The highest BCUT2D eigenvalue weighted by atomic mass is 16.5. The number of benzene rings is 3. The third-order valence-corrected chi connectivity index (χ3v) is 4.63. The summed E-state index contributed by atoms with van der Waals surface area (Å²) < 4.78 is 6.07. The minimum absolute atomic E-state index is 0.0680. The molecule has 0 saturated carbocycles. The first kappa shape index (κ1) is 16.2. The van der Waals surface area contributed by atoms with Gasteiger partial charge in [-0.1, -0.05) is 60.7 Å². The van der Waals surface area contributed by atoms with Gasteiger partial charge in [-0.3, -0.25) is 4.79 Å². The van der Waals surface area contributed by atoms with Gasteiger partial charge in [0, 0.05) is 12.6 Å². The van der Waals surface area contributed by atoms with Crippen molar-refractivity contribution in [2.75, 3.05) is 11.9 Å². The van der Waals surface area contributed by atoms with Crippen LogP contribution in [0.4, 0.5) is 5.69 Å². The quantitative estimate of drug-likeness (QED) is 0.773. The zero-order chi connectivity index (χ0) is 17.9. The van der Waals surface area contributed by atoms with Crippen LogP contribution in [0.3, 0.4) is 0 Å². The van der Waals surface area contributed by atoms with Crippen molar-refractivity contribution < 1.29 is 9.53 Å². The van der Waals surface area contributed by atoms with Gasteiger partial charge < -0.3 is 15.0 Å². The van der Waals surface area contributed by atoms with Crippen molar-refractivity contribution in [3.05, 3.63) is 95.6 Å². The maximum absolute atomic E-state index is 12.5. The van der Waals surface area contributed by atoms with E-state index in [0.29, 0.717) is 12.2 Å². The van der Waals surface area contributed by atoms with Crippen LogP contribution >= 0.6 is 0 Å². The number of para-hydroxylation sites is 2. The molecular formula is C22H20N2O2. The maximum atomic E-state index is 12.5. The molecule has 0 aromatic heterocycles. The molecule has 1 heterocycles. The van der Waals surface area contributed by atoms with Crippen LogP contribution in [0, 0.1) is 0 Å². The van der Waals surface area contributed by atoms with E-state index >= 15 is 0 Å². The Morgan fingerprint density at radius 3 is 2.46 bits per heavy atom. The lowest BCUT2D eigenvalue weighted by Gasteiger charge is -2.37. The van der Waals surface area contributed by atoms with Gasteiger partial charge in [-0.2, -0.15) is 0 Å². The van der Waals surface area contributed by atoms with Crippen LogP contribution in [-0.2, 0) is 6.61 Å². The molecule has 3 aromatic rings. The van der Waals surface area contributed by atoms with E-state index in [-0.39, 0.29) is 12.1 Å². The second-order valence-electron chi connectivity index (χ2n) is 6.32. The maximum Gasteiger partial charge on any atom is 0.255 e. The minimum atomic E-state index is -0.274. The molecule has 0 spiro atoms. The number of ether oxygens (including phenoxy) is 1. The normalized spacial score (nSPS) is 16.0. The topological polar surface area (TPSA) is 41.6 Å². The highest BCUT2D eigenvalue weighted by molar-refractivity contribution is 6.02. The molecule has 3 aromatic carbocycles. The molecule has 130 valence electrons. The molecule has 1 N–H and O–H groups in total. The van der Waals surface area contributed by atoms with Crippen LogP contribution < -0.4 is 15.0 Å². The van der Waals surface area contributed by atoms with Gasteiger partial charge in [0.25, 0.3) is 5.91 Å². The van der Waals surface area contributed by atoms with Crippen molar-refractivity contribution in [1.29, 1.82) is 0 Å². The van der Waals surface area contributed by atoms with E-state index in [9.17, 15) is 4.79 Å². The number of carbonyl (C=O) groups excluding carboxylic acids is 1. The van der Waals surface area contributed by atoms with E-state index in [1.807, 2.05) is 85.9 Å². The first-order valence-corrected chi connectivity index (χ1v) is 8.62. The lowest BCUT2D eigenvalue weighted by Crippen LogP contribution is -2.44. The molecular weight excluding hydrogens is 324 g/mol. The Hall–Kier alpha value is -3.27. The Morgan fingerprint density at radius 1 is 0.923 bits per heavy atom. The van der Waals surface area contributed by atoms with Gasteiger partial charge in [-0.05, 0) is 23.8 Å². The lowest BCUT2D eigenvalue weighted by molar-refractivity contribution is 0.0927. The summed E-state index contributed by atoms with van der Waals surface area (Å²) in [6.45, 7) is 0.485. The summed E-state index contributed by atoms with van der Waals surface area (Å²) in [5.74, 6) is 0.703. The average molecular weight is 344 g/mol. The third kappa shape index (κ3) is 3.02. The Labute approximate surface area is 153 Å². The van der Waals surface area contributed by atoms with Gasteiger partial charge in [0.1, 0.15) is 18.5 Å². The van der Waals surface area contributed by atoms with Gasteiger partial charge in [-0.25, -0.2) is 0 Å². The third-order valence-electron chi connectivity index (χ3n) is 4.63. The zero-order valence-corrected chi connectivity index (χ0v) is 14.6. The number of fused-ring (bicyclic) bond motifs is 1. The SMILES string of the molecule is CN1c2ccccc2C(=O)N[C@@H]1c1ccccc1OCc1ccccc1. The molecule has 4 heteroatoms. The molecule has 4 nitrogen and oxygen atoms in total. The number of nitrogens with one attached hydrogen (secondary N) is 1. The standard InChI is InChI=1S/C22H20N2O2/c1-24-19-13-7-5-11-17(19)22(25)23-21(24)18-12-6-8-14-20(18)26-15-16-9-3-2-4-10-16/h2-14,21H,15H2,1H3,(H,23,25)/t21-/m0/s1. The van der Waals surface area contributed by atoms with Crippen LogP contribution in [-0.4, -0.2) is 13.0 Å². The molecule has 0 unspecified atom stereocenters. The fourth-order valence-electron chi connectivity index (χ4n) is 3.27. The number of carbonyl (C=O) groups is 1. The Morgan fingerprint density at radius 2 is 1.62 bits per heavy atom.